The molecule has 1 heterocycles. The van der Waals surface area contributed by atoms with Crippen molar-refractivity contribution in [3.05, 3.63) is 88.5 Å². The first-order valence-corrected chi connectivity index (χ1v) is 8.14. The Morgan fingerprint density at radius 3 is 2.27 bits per heavy atom. The second kappa shape index (κ2) is 7.65. The highest BCUT2D eigenvalue weighted by Crippen LogP contribution is 2.27. The molecule has 132 valence electrons. The van der Waals surface area contributed by atoms with Gasteiger partial charge in [-0.3, -0.25) is 9.36 Å². The molecule has 1 amide bonds. The van der Waals surface area contributed by atoms with E-state index in [9.17, 15) is 9.59 Å². The molecule has 0 fully saturated rings. The molecule has 26 heavy (non-hydrogen) atoms. The third-order valence-corrected chi connectivity index (χ3v) is 3.96. The van der Waals surface area contributed by atoms with Gasteiger partial charge in [0.25, 0.3) is 0 Å². The Labute approximate surface area is 151 Å². The van der Waals surface area contributed by atoms with E-state index in [-0.39, 0.29) is 17.8 Å². The quantitative estimate of drug-likeness (QED) is 0.769. The topological polar surface area (TPSA) is 73.2 Å². The number of nitrogens with one attached hydrogen (secondary N) is 1. The van der Waals surface area contributed by atoms with E-state index in [1.165, 1.54) is 6.92 Å². The average molecular weight is 349 g/mol. The number of nitrogens with zero attached hydrogens (tertiary/aromatic N) is 2. The molecule has 1 unspecified atom stereocenters. The van der Waals surface area contributed by atoms with Gasteiger partial charge in [0.1, 0.15) is 11.6 Å². The van der Waals surface area contributed by atoms with E-state index in [4.69, 9.17) is 4.74 Å². The smallest absolute Gasteiger partial charge is 0.350 e. The van der Waals surface area contributed by atoms with Crippen LogP contribution in [-0.4, -0.2) is 22.6 Å². The zero-order valence-electron chi connectivity index (χ0n) is 14.5. The molecule has 3 rings (SSSR count). The number of rotatable bonds is 5. The standard InChI is InChI=1S/C20H19N3O3/c1-14(24)21-18-12-13-23(20(25)22-18)19(15-6-4-3-5-7-15)16-8-10-17(26-2)11-9-16/h3-13,19H,1-2H3,(H,21,22,24,25). The number of hydrogen-bond acceptors (Lipinski definition) is 4. The summed E-state index contributed by atoms with van der Waals surface area (Å²) in [5, 5.41) is 2.53. The fraction of sp³-hybridized carbons (Fsp3) is 0.150. The molecule has 0 aliphatic rings. The van der Waals surface area contributed by atoms with Gasteiger partial charge in [0.05, 0.1) is 13.2 Å². The van der Waals surface area contributed by atoms with Gasteiger partial charge in [-0.15, -0.1) is 0 Å². The molecule has 1 N–H and O–H groups in total. The zero-order chi connectivity index (χ0) is 18.5. The summed E-state index contributed by atoms with van der Waals surface area (Å²) in [5.41, 5.74) is 1.43. The molecule has 1 aromatic heterocycles. The molecule has 1 atom stereocenters. The Hall–Kier alpha value is -3.41. The van der Waals surface area contributed by atoms with E-state index in [0.717, 1.165) is 16.9 Å². The molecule has 0 spiro atoms. The second-order valence-corrected chi connectivity index (χ2v) is 5.77. The normalized spacial score (nSPS) is 11.6. The van der Waals surface area contributed by atoms with Crippen LogP contribution in [0.25, 0.3) is 0 Å². The van der Waals surface area contributed by atoms with Crippen molar-refractivity contribution in [3.63, 3.8) is 0 Å². The summed E-state index contributed by atoms with van der Waals surface area (Å²) in [4.78, 5) is 27.8. The summed E-state index contributed by atoms with van der Waals surface area (Å²) in [7, 11) is 1.61. The van der Waals surface area contributed by atoms with Gasteiger partial charge in [-0.25, -0.2) is 4.79 Å². The molecule has 0 radical (unpaired) electrons. The predicted molar refractivity (Wildman–Crippen MR) is 99.5 cm³/mol. The lowest BCUT2D eigenvalue weighted by molar-refractivity contribution is -0.114. The fourth-order valence-corrected chi connectivity index (χ4v) is 2.79. The van der Waals surface area contributed by atoms with Gasteiger partial charge in [-0.1, -0.05) is 42.5 Å². The maximum atomic E-state index is 12.6. The first-order chi connectivity index (χ1) is 12.6. The summed E-state index contributed by atoms with van der Waals surface area (Å²) in [5.74, 6) is 0.705. The highest BCUT2D eigenvalue weighted by atomic mass is 16.5. The molecule has 0 aliphatic heterocycles. The molecule has 0 bridgehead atoms. The second-order valence-electron chi connectivity index (χ2n) is 5.77. The molecule has 6 nitrogen and oxygen atoms in total. The molecular weight excluding hydrogens is 330 g/mol. The van der Waals surface area contributed by atoms with E-state index >= 15 is 0 Å². The van der Waals surface area contributed by atoms with Crippen molar-refractivity contribution >= 4 is 11.7 Å². The van der Waals surface area contributed by atoms with Crippen molar-refractivity contribution in [2.75, 3.05) is 12.4 Å². The van der Waals surface area contributed by atoms with Gasteiger partial charge in [0, 0.05) is 13.1 Å². The first kappa shape index (κ1) is 17.4. The van der Waals surface area contributed by atoms with Crippen LogP contribution in [0.5, 0.6) is 5.75 Å². The van der Waals surface area contributed by atoms with Gasteiger partial charge in [0.2, 0.25) is 5.91 Å². The van der Waals surface area contributed by atoms with Crippen LogP contribution >= 0.6 is 0 Å². The van der Waals surface area contributed by atoms with Crippen LogP contribution in [0.4, 0.5) is 5.82 Å². The minimum atomic E-state index is -0.444. The first-order valence-electron chi connectivity index (χ1n) is 8.14. The van der Waals surface area contributed by atoms with Crippen LogP contribution < -0.4 is 15.7 Å². The van der Waals surface area contributed by atoms with Crippen LogP contribution in [0.2, 0.25) is 0 Å². The average Bonchev–Trinajstić information content (AvgIpc) is 2.65. The number of anilines is 1. The van der Waals surface area contributed by atoms with E-state index in [1.807, 2.05) is 54.6 Å². The van der Waals surface area contributed by atoms with Crippen LogP contribution in [0.1, 0.15) is 24.1 Å². The third-order valence-electron chi connectivity index (χ3n) is 3.96. The molecule has 3 aromatic rings. The fourth-order valence-electron chi connectivity index (χ4n) is 2.79. The third kappa shape index (κ3) is 3.80. The molecule has 0 aliphatic carbocycles. The van der Waals surface area contributed by atoms with Gasteiger partial charge in [-0.2, -0.15) is 4.98 Å². The molecule has 6 heteroatoms. The molecule has 2 aromatic carbocycles. The van der Waals surface area contributed by atoms with Gasteiger partial charge < -0.3 is 10.1 Å². The highest BCUT2D eigenvalue weighted by Gasteiger charge is 2.18. The van der Waals surface area contributed by atoms with Gasteiger partial charge >= 0.3 is 5.69 Å². The SMILES string of the molecule is COc1ccc(C(c2ccccc2)n2ccc(NC(C)=O)nc2=O)cc1. The van der Waals surface area contributed by atoms with Crippen molar-refractivity contribution in [1.29, 1.82) is 0 Å². The Kier molecular flexibility index (Phi) is 5.12. The minimum Gasteiger partial charge on any atom is -0.497 e. The Balaban J connectivity index is 2.09. The van der Waals surface area contributed by atoms with Crippen molar-refractivity contribution in [1.82, 2.24) is 9.55 Å². The monoisotopic (exact) mass is 349 g/mol. The summed E-state index contributed by atoms with van der Waals surface area (Å²) in [6.45, 7) is 1.37. The number of hydrogen-bond donors (Lipinski definition) is 1. The number of carbonyl (C=O) groups is 1. The summed E-state index contributed by atoms with van der Waals surface area (Å²) in [6.07, 6.45) is 1.64. The van der Waals surface area contributed by atoms with E-state index in [0.29, 0.717) is 0 Å². The zero-order valence-corrected chi connectivity index (χ0v) is 14.5. The Morgan fingerprint density at radius 2 is 1.69 bits per heavy atom. The van der Waals surface area contributed by atoms with Crippen molar-refractivity contribution in [2.45, 2.75) is 13.0 Å². The van der Waals surface area contributed by atoms with Crippen molar-refractivity contribution in [3.8, 4) is 5.75 Å². The summed E-state index contributed by atoms with van der Waals surface area (Å²) < 4.78 is 6.76. The summed E-state index contributed by atoms with van der Waals surface area (Å²) in [6, 6.07) is 18.5. The van der Waals surface area contributed by atoms with E-state index in [1.54, 1.807) is 23.9 Å². The number of aromatic nitrogens is 2. The number of methoxy groups -OCH3 is 1. The summed E-state index contributed by atoms with van der Waals surface area (Å²) >= 11 is 0. The highest BCUT2D eigenvalue weighted by molar-refractivity contribution is 5.87. The largest absolute Gasteiger partial charge is 0.497 e. The van der Waals surface area contributed by atoms with Crippen LogP contribution in [0, 0.1) is 0 Å². The number of ether oxygens (including phenoxy) is 1. The van der Waals surface area contributed by atoms with Crippen molar-refractivity contribution in [2.24, 2.45) is 0 Å². The maximum absolute atomic E-state index is 12.6. The Bertz CT molecular complexity index is 950. The van der Waals surface area contributed by atoms with Crippen LogP contribution in [0.3, 0.4) is 0 Å². The molecular formula is C20H19N3O3. The number of amides is 1. The minimum absolute atomic E-state index is 0.236. The number of carbonyl (C=O) groups excluding carboxylic acids is 1. The Morgan fingerprint density at radius 1 is 1.04 bits per heavy atom. The molecule has 0 saturated carbocycles. The lowest BCUT2D eigenvalue weighted by Gasteiger charge is -2.21. The van der Waals surface area contributed by atoms with Gasteiger partial charge in [-0.05, 0) is 29.3 Å². The molecule has 0 saturated heterocycles. The lowest BCUT2D eigenvalue weighted by atomic mass is 9.98. The van der Waals surface area contributed by atoms with Crippen LogP contribution in [0.15, 0.2) is 71.7 Å². The lowest BCUT2D eigenvalue weighted by Crippen LogP contribution is -2.29. The van der Waals surface area contributed by atoms with Crippen LogP contribution in [-0.2, 0) is 4.79 Å². The van der Waals surface area contributed by atoms with Crippen molar-refractivity contribution < 1.29 is 9.53 Å². The van der Waals surface area contributed by atoms with E-state index in [2.05, 4.69) is 10.3 Å². The van der Waals surface area contributed by atoms with E-state index < -0.39 is 5.69 Å². The number of benzene rings is 2. The van der Waals surface area contributed by atoms with Gasteiger partial charge in [0.15, 0.2) is 0 Å². The predicted octanol–water partition coefficient (Wildman–Crippen LogP) is 2.85. The maximum Gasteiger partial charge on any atom is 0.350 e.